The Balaban J connectivity index is 1.40. The monoisotopic (exact) mass is 678 g/mol. The predicted octanol–water partition coefficient (Wildman–Crippen LogP) is 3.27. The molecule has 4 rings (SSSR count). The van der Waals surface area contributed by atoms with Gasteiger partial charge < -0.3 is 43.8 Å². The van der Waals surface area contributed by atoms with Crippen LogP contribution < -0.4 is 20.1 Å². The van der Waals surface area contributed by atoms with Gasteiger partial charge in [0.1, 0.15) is 25.4 Å². The summed E-state index contributed by atoms with van der Waals surface area (Å²) < 4.78 is 29.9. The highest BCUT2D eigenvalue weighted by molar-refractivity contribution is 6.09. The lowest BCUT2D eigenvalue weighted by molar-refractivity contribution is -0.138. The van der Waals surface area contributed by atoms with E-state index in [4.69, 9.17) is 28.5 Å². The fourth-order valence-corrected chi connectivity index (χ4v) is 5.05. The van der Waals surface area contributed by atoms with Crippen molar-refractivity contribution >= 4 is 34.5 Å². The van der Waals surface area contributed by atoms with Crippen LogP contribution in [0.15, 0.2) is 59.0 Å². The molecule has 3 N–H and O–H groups in total. The number of nitrogens with one attached hydrogen (secondary N) is 1. The van der Waals surface area contributed by atoms with E-state index in [1.54, 1.807) is 6.07 Å². The van der Waals surface area contributed by atoms with Crippen molar-refractivity contribution in [2.75, 3.05) is 92.5 Å². The van der Waals surface area contributed by atoms with Crippen LogP contribution in [0.3, 0.4) is 0 Å². The van der Waals surface area contributed by atoms with Gasteiger partial charge in [-0.3, -0.25) is 9.59 Å². The number of nitrogens with zero attached hydrogens (tertiary/aromatic N) is 2. The molecule has 1 amide bonds. The Kier molecular flexibility index (Phi) is 13.7. The minimum Gasteiger partial charge on any atom is -0.481 e. The summed E-state index contributed by atoms with van der Waals surface area (Å²) in [5, 5.41) is 23.2. The number of carboxylic acid groups (broad SMARTS) is 2. The lowest BCUT2D eigenvalue weighted by Crippen LogP contribution is -2.27. The van der Waals surface area contributed by atoms with Crippen LogP contribution in [0.25, 0.3) is 33.4 Å². The van der Waals surface area contributed by atoms with Crippen LogP contribution in [0.4, 0.5) is 5.69 Å². The maximum Gasteiger partial charge on any atom is 0.336 e. The number of carbonyl (C=O) groups excluding carboxylic acids is 1. The van der Waals surface area contributed by atoms with Crippen molar-refractivity contribution < 1.29 is 48.0 Å². The largest absolute Gasteiger partial charge is 0.481 e. The maximum absolute atomic E-state index is 13.2. The Bertz CT molecular complexity index is 1800. The number of benzene rings is 3. The van der Waals surface area contributed by atoms with E-state index in [0.29, 0.717) is 67.7 Å². The Morgan fingerprint density at radius 1 is 0.776 bits per heavy atom. The zero-order valence-electron chi connectivity index (χ0n) is 28.3. The molecule has 1 aliphatic carbocycles. The van der Waals surface area contributed by atoms with Gasteiger partial charge in [-0.15, -0.1) is 0 Å². The molecule has 262 valence electrons. The third-order valence-corrected chi connectivity index (χ3v) is 7.61. The second-order valence-electron chi connectivity index (χ2n) is 11.5. The number of aliphatic carboxylic acids is 1. The first-order valence-electron chi connectivity index (χ1n) is 15.9. The third kappa shape index (κ3) is 10.3. The van der Waals surface area contributed by atoms with Crippen LogP contribution in [0.2, 0.25) is 0 Å². The van der Waals surface area contributed by atoms with Crippen LogP contribution in [0, 0.1) is 0 Å². The SMILES string of the molecule is CN(C)c1ccc2c(-c3cc(C(=O)NCCOCCOCCOCCOCCC(=O)O)ccc3C(=O)O)c3ccc(=[N+](C)C)cc-3oc2c1. The minimum absolute atomic E-state index is 0.0369. The van der Waals surface area contributed by atoms with Crippen LogP contribution in [-0.2, 0) is 23.7 Å². The van der Waals surface area contributed by atoms with Gasteiger partial charge >= 0.3 is 11.9 Å². The lowest BCUT2D eigenvalue weighted by atomic mass is 9.89. The third-order valence-electron chi connectivity index (χ3n) is 7.61. The van der Waals surface area contributed by atoms with Crippen LogP contribution in [0.1, 0.15) is 27.1 Å². The molecular weight excluding hydrogens is 634 g/mol. The van der Waals surface area contributed by atoms with E-state index in [1.807, 2.05) is 74.1 Å². The number of hydrogen-bond acceptors (Lipinski definition) is 9. The Morgan fingerprint density at radius 2 is 1.43 bits per heavy atom. The van der Waals surface area contributed by atoms with Gasteiger partial charge in [0.25, 0.3) is 5.91 Å². The molecule has 49 heavy (non-hydrogen) atoms. The van der Waals surface area contributed by atoms with E-state index in [0.717, 1.165) is 22.0 Å². The molecule has 13 nitrogen and oxygen atoms in total. The Hall–Kier alpha value is -4.82. The fraction of sp³-hybridized carbons (Fsp3) is 0.389. The molecular formula is C36H44N3O10+. The number of carbonyl (C=O) groups is 3. The van der Waals surface area contributed by atoms with Crippen molar-refractivity contribution in [3.05, 3.63) is 71.1 Å². The van der Waals surface area contributed by atoms with Crippen LogP contribution in [-0.4, -0.2) is 116 Å². The molecule has 0 saturated carbocycles. The summed E-state index contributed by atoms with van der Waals surface area (Å²) in [6, 6.07) is 16.1. The van der Waals surface area contributed by atoms with Gasteiger partial charge in [-0.25, -0.2) is 9.37 Å². The molecule has 2 aromatic rings. The number of fused-ring (bicyclic) bond motifs is 2. The van der Waals surface area contributed by atoms with Gasteiger partial charge in [0.05, 0.1) is 70.9 Å². The molecule has 0 fully saturated rings. The van der Waals surface area contributed by atoms with E-state index in [2.05, 4.69) is 5.32 Å². The summed E-state index contributed by atoms with van der Waals surface area (Å²) in [5.41, 5.74) is 3.68. The molecule has 13 heteroatoms. The molecule has 0 atom stereocenters. The van der Waals surface area contributed by atoms with Gasteiger partial charge in [0.2, 0.25) is 5.36 Å². The van der Waals surface area contributed by atoms with Gasteiger partial charge in [-0.2, -0.15) is 0 Å². The highest BCUT2D eigenvalue weighted by atomic mass is 16.6. The first kappa shape index (κ1) is 37.0. The second-order valence-corrected chi connectivity index (χ2v) is 11.5. The average molecular weight is 679 g/mol. The van der Waals surface area contributed by atoms with Crippen molar-refractivity contribution in [2.45, 2.75) is 6.42 Å². The first-order chi connectivity index (χ1) is 23.6. The van der Waals surface area contributed by atoms with E-state index in [1.165, 1.54) is 12.1 Å². The normalized spacial score (nSPS) is 11.2. The summed E-state index contributed by atoms with van der Waals surface area (Å²) in [7, 11) is 7.74. The van der Waals surface area contributed by atoms with Gasteiger partial charge in [0.15, 0.2) is 0 Å². The molecule has 2 aromatic carbocycles. The van der Waals surface area contributed by atoms with E-state index in [-0.39, 0.29) is 37.6 Å². The summed E-state index contributed by atoms with van der Waals surface area (Å²) in [6.45, 7) is 2.76. The highest BCUT2D eigenvalue weighted by Crippen LogP contribution is 2.42. The van der Waals surface area contributed by atoms with Crippen molar-refractivity contribution in [3.8, 4) is 22.5 Å². The average Bonchev–Trinajstić information content (AvgIpc) is 3.07. The number of ether oxygens (including phenoxy) is 4. The molecule has 0 spiro atoms. The van der Waals surface area contributed by atoms with E-state index >= 15 is 0 Å². The highest BCUT2D eigenvalue weighted by Gasteiger charge is 2.24. The first-order valence-corrected chi connectivity index (χ1v) is 15.9. The van der Waals surface area contributed by atoms with E-state index in [9.17, 15) is 19.5 Å². The van der Waals surface area contributed by atoms with Crippen LogP contribution in [0.5, 0.6) is 0 Å². The van der Waals surface area contributed by atoms with Gasteiger partial charge in [-0.1, -0.05) is 0 Å². The lowest BCUT2D eigenvalue weighted by Gasteiger charge is -2.19. The standard InChI is InChI=1S/C36H43N3O10/c1-38(2)25-6-9-28-31(22-25)49-32-23-26(39(3)4)7-10-29(32)34(28)30-21-24(5-8-27(30)36(43)44)35(42)37-12-14-46-16-18-48-20-19-47-17-15-45-13-11-33(40)41/h5-10,21-23H,11-20H2,1-4H3,(H2-,37,40,41,42,43,44)/p+1. The summed E-state index contributed by atoms with van der Waals surface area (Å²) in [4.78, 5) is 38.1. The minimum atomic E-state index is -1.11. The summed E-state index contributed by atoms with van der Waals surface area (Å²) in [5.74, 6) is -1.78. The van der Waals surface area contributed by atoms with E-state index < -0.39 is 11.9 Å². The summed E-state index contributed by atoms with van der Waals surface area (Å²) >= 11 is 0. The Morgan fingerprint density at radius 3 is 2.04 bits per heavy atom. The second kappa shape index (κ2) is 18.1. The summed E-state index contributed by atoms with van der Waals surface area (Å²) in [6.07, 6.45) is -0.0369. The zero-order valence-corrected chi connectivity index (χ0v) is 28.3. The molecule has 1 aliphatic heterocycles. The molecule has 0 radical (unpaired) electrons. The Labute approximate surface area is 284 Å². The number of carboxylic acids is 2. The zero-order chi connectivity index (χ0) is 35.3. The molecule has 0 bridgehead atoms. The van der Waals surface area contributed by atoms with Crippen molar-refractivity contribution in [3.63, 3.8) is 0 Å². The maximum atomic E-state index is 13.2. The van der Waals surface area contributed by atoms with Gasteiger partial charge in [-0.05, 0) is 42.0 Å². The van der Waals surface area contributed by atoms with Crippen LogP contribution >= 0.6 is 0 Å². The number of rotatable bonds is 19. The number of aromatic carboxylic acids is 1. The predicted molar refractivity (Wildman–Crippen MR) is 185 cm³/mol. The van der Waals surface area contributed by atoms with Crippen molar-refractivity contribution in [2.24, 2.45) is 0 Å². The molecule has 0 saturated heterocycles. The quantitative estimate of drug-likeness (QED) is 0.0759. The molecule has 0 aromatic heterocycles. The smallest absolute Gasteiger partial charge is 0.336 e. The number of anilines is 1. The molecule has 0 unspecified atom stereocenters. The number of amides is 1. The molecule has 2 aliphatic rings. The van der Waals surface area contributed by atoms with Gasteiger partial charge in [0, 0.05) is 60.5 Å². The molecule has 1 heterocycles. The number of hydrogen-bond donors (Lipinski definition) is 3. The fourth-order valence-electron chi connectivity index (χ4n) is 5.05. The van der Waals surface area contributed by atoms with Crippen molar-refractivity contribution in [1.82, 2.24) is 9.89 Å². The van der Waals surface area contributed by atoms with Crippen molar-refractivity contribution in [1.29, 1.82) is 0 Å². The topological polar surface area (TPSA) is 160 Å².